The molecule has 1 aliphatic rings. The van der Waals surface area contributed by atoms with Crippen molar-refractivity contribution in [3.63, 3.8) is 0 Å². The molecule has 8 heteroatoms. The first kappa shape index (κ1) is 25.9. The summed E-state index contributed by atoms with van der Waals surface area (Å²) in [7, 11) is 0. The Kier molecular flexibility index (Phi) is 7.72. The van der Waals surface area contributed by atoms with Crippen LogP contribution in [0.5, 0.6) is 0 Å². The van der Waals surface area contributed by atoms with E-state index in [1.165, 1.54) is 4.90 Å². The second kappa shape index (κ2) is 8.94. The van der Waals surface area contributed by atoms with Crippen molar-refractivity contribution in [2.45, 2.75) is 80.7 Å². The molecular formula is C22H37NO7. The van der Waals surface area contributed by atoms with Crippen LogP contribution >= 0.6 is 0 Å². The van der Waals surface area contributed by atoms with E-state index in [0.29, 0.717) is 6.42 Å². The molecule has 0 saturated carbocycles. The van der Waals surface area contributed by atoms with Gasteiger partial charge in [0.1, 0.15) is 18.8 Å². The normalized spacial score (nSPS) is 17.0. The molecule has 30 heavy (non-hydrogen) atoms. The van der Waals surface area contributed by atoms with E-state index in [1.54, 1.807) is 62.3 Å². The Balaban J connectivity index is 3.09. The topological polar surface area (TPSA) is 99.2 Å². The van der Waals surface area contributed by atoms with E-state index < -0.39 is 39.7 Å². The van der Waals surface area contributed by atoms with Crippen LogP contribution in [0.3, 0.4) is 0 Å². The fraction of sp³-hybridized carbons (Fsp3) is 0.818. The lowest BCUT2D eigenvalue weighted by Gasteiger charge is -2.38. The molecule has 0 atom stereocenters. The summed E-state index contributed by atoms with van der Waals surface area (Å²) < 4.78 is 16.3. The van der Waals surface area contributed by atoms with Gasteiger partial charge in [-0.2, -0.15) is 0 Å². The number of esters is 3. The van der Waals surface area contributed by atoms with Crippen molar-refractivity contribution in [1.82, 2.24) is 4.90 Å². The standard InChI is InChI=1S/C22H37NO7/c1-19(2,3)16(25)28-12-22(13-29-17(26)20(4,5)6)11-10-15(24)23(22)14-30-18(27)21(7,8)9/h10-14H2,1-9H3. The number of amides is 1. The monoisotopic (exact) mass is 427 g/mol. The third-order valence-electron chi connectivity index (χ3n) is 4.78. The number of hydrogen-bond acceptors (Lipinski definition) is 7. The van der Waals surface area contributed by atoms with E-state index in [9.17, 15) is 19.2 Å². The number of carbonyl (C=O) groups excluding carboxylic acids is 4. The molecule has 1 heterocycles. The van der Waals surface area contributed by atoms with Gasteiger partial charge in [-0.3, -0.25) is 24.1 Å². The summed E-state index contributed by atoms with van der Waals surface area (Å²) in [6.45, 7) is 14.9. The van der Waals surface area contributed by atoms with E-state index in [-0.39, 0.29) is 32.3 Å². The number of rotatable bonds is 6. The zero-order valence-corrected chi connectivity index (χ0v) is 19.8. The number of carbonyl (C=O) groups is 4. The highest BCUT2D eigenvalue weighted by atomic mass is 16.6. The van der Waals surface area contributed by atoms with Crippen molar-refractivity contribution in [2.75, 3.05) is 19.9 Å². The van der Waals surface area contributed by atoms with Crippen LogP contribution < -0.4 is 0 Å². The highest BCUT2D eigenvalue weighted by Gasteiger charge is 2.49. The van der Waals surface area contributed by atoms with Crippen molar-refractivity contribution in [3.05, 3.63) is 0 Å². The van der Waals surface area contributed by atoms with Gasteiger partial charge in [-0.25, -0.2) is 0 Å². The second-order valence-electron chi connectivity index (χ2n) is 11.0. The molecule has 1 aliphatic heterocycles. The highest BCUT2D eigenvalue weighted by molar-refractivity contribution is 5.81. The Labute approximate surface area is 179 Å². The molecule has 1 saturated heterocycles. The van der Waals surface area contributed by atoms with Crippen LogP contribution in [-0.4, -0.2) is 54.2 Å². The molecule has 8 nitrogen and oxygen atoms in total. The molecule has 1 rings (SSSR count). The zero-order chi connectivity index (χ0) is 23.5. The Morgan fingerprint density at radius 3 is 1.50 bits per heavy atom. The smallest absolute Gasteiger partial charge is 0.312 e. The zero-order valence-electron chi connectivity index (χ0n) is 19.8. The van der Waals surface area contributed by atoms with Gasteiger partial charge in [-0.05, 0) is 68.7 Å². The second-order valence-corrected chi connectivity index (χ2v) is 11.0. The molecule has 0 radical (unpaired) electrons. The van der Waals surface area contributed by atoms with Gasteiger partial charge in [0.05, 0.1) is 16.2 Å². The summed E-state index contributed by atoms with van der Waals surface area (Å²) >= 11 is 0. The Hall–Kier alpha value is -2.12. The maximum Gasteiger partial charge on any atom is 0.312 e. The maximum atomic E-state index is 12.6. The molecule has 1 amide bonds. The summed E-state index contributed by atoms with van der Waals surface area (Å²) in [5.74, 6) is -1.59. The lowest BCUT2D eigenvalue weighted by Crippen LogP contribution is -2.55. The van der Waals surface area contributed by atoms with Crippen LogP contribution in [0.15, 0.2) is 0 Å². The first-order chi connectivity index (χ1) is 13.4. The summed E-state index contributed by atoms with van der Waals surface area (Å²) in [5.41, 5.74) is -3.27. The van der Waals surface area contributed by atoms with Gasteiger partial charge in [-0.1, -0.05) is 0 Å². The molecule has 172 valence electrons. The van der Waals surface area contributed by atoms with Crippen molar-refractivity contribution < 1.29 is 33.4 Å². The van der Waals surface area contributed by atoms with Gasteiger partial charge in [0.25, 0.3) is 0 Å². The molecule has 1 fully saturated rings. The van der Waals surface area contributed by atoms with Crippen LogP contribution in [0.1, 0.15) is 75.2 Å². The predicted molar refractivity (Wildman–Crippen MR) is 110 cm³/mol. The summed E-state index contributed by atoms with van der Waals surface area (Å²) in [6.07, 6.45) is 0.487. The highest BCUT2D eigenvalue weighted by Crippen LogP contribution is 2.33. The third-order valence-corrected chi connectivity index (χ3v) is 4.78. The van der Waals surface area contributed by atoms with Crippen molar-refractivity contribution in [3.8, 4) is 0 Å². The quantitative estimate of drug-likeness (QED) is 0.474. The fourth-order valence-electron chi connectivity index (χ4n) is 2.60. The number of nitrogens with zero attached hydrogens (tertiary/aromatic N) is 1. The van der Waals surface area contributed by atoms with Crippen LogP contribution in [0.25, 0.3) is 0 Å². The van der Waals surface area contributed by atoms with E-state index >= 15 is 0 Å². The molecule has 0 N–H and O–H groups in total. The Bertz CT molecular complexity index is 647. The molecule has 0 aromatic rings. The SMILES string of the molecule is CC(C)(C)C(=O)OCN1C(=O)CCC1(COC(=O)C(C)(C)C)COC(=O)C(C)(C)C. The predicted octanol–water partition coefficient (Wildman–Crippen LogP) is 3.07. The molecule has 0 aromatic carbocycles. The average Bonchev–Trinajstić information content (AvgIpc) is 2.89. The van der Waals surface area contributed by atoms with Crippen LogP contribution in [0, 0.1) is 16.2 Å². The minimum absolute atomic E-state index is 0.153. The lowest BCUT2D eigenvalue weighted by molar-refractivity contribution is -0.176. The van der Waals surface area contributed by atoms with Crippen molar-refractivity contribution >= 4 is 23.8 Å². The van der Waals surface area contributed by atoms with E-state index in [4.69, 9.17) is 14.2 Å². The minimum atomic E-state index is -1.09. The van der Waals surface area contributed by atoms with Crippen LogP contribution in [0.2, 0.25) is 0 Å². The average molecular weight is 428 g/mol. The number of likely N-dealkylation sites (tertiary alicyclic amines) is 1. The fourth-order valence-corrected chi connectivity index (χ4v) is 2.60. The molecule has 0 aliphatic carbocycles. The summed E-state index contributed by atoms with van der Waals surface area (Å²) in [6, 6.07) is 0. The van der Waals surface area contributed by atoms with Gasteiger partial charge in [0.15, 0.2) is 6.73 Å². The van der Waals surface area contributed by atoms with Gasteiger partial charge in [-0.15, -0.1) is 0 Å². The minimum Gasteiger partial charge on any atom is -0.463 e. The summed E-state index contributed by atoms with van der Waals surface area (Å²) in [5, 5.41) is 0. The lowest BCUT2D eigenvalue weighted by atomic mass is 9.95. The first-order valence-corrected chi connectivity index (χ1v) is 10.2. The van der Waals surface area contributed by atoms with Crippen molar-refractivity contribution in [2.24, 2.45) is 16.2 Å². The third kappa shape index (κ3) is 6.71. The Morgan fingerprint density at radius 1 is 0.767 bits per heavy atom. The molecular weight excluding hydrogens is 390 g/mol. The van der Waals surface area contributed by atoms with Crippen molar-refractivity contribution in [1.29, 1.82) is 0 Å². The largest absolute Gasteiger partial charge is 0.463 e. The molecule has 0 unspecified atom stereocenters. The molecule has 0 bridgehead atoms. The number of ether oxygens (including phenoxy) is 3. The Morgan fingerprint density at radius 2 is 1.13 bits per heavy atom. The van der Waals surface area contributed by atoms with Crippen LogP contribution in [0.4, 0.5) is 0 Å². The first-order valence-electron chi connectivity index (χ1n) is 10.2. The van der Waals surface area contributed by atoms with E-state index in [1.807, 2.05) is 0 Å². The van der Waals surface area contributed by atoms with Gasteiger partial charge in [0.2, 0.25) is 5.91 Å². The van der Waals surface area contributed by atoms with Gasteiger partial charge >= 0.3 is 17.9 Å². The van der Waals surface area contributed by atoms with E-state index in [0.717, 1.165) is 0 Å². The van der Waals surface area contributed by atoms with Crippen LogP contribution in [-0.2, 0) is 33.4 Å². The molecule has 0 aromatic heterocycles. The van der Waals surface area contributed by atoms with Gasteiger partial charge < -0.3 is 14.2 Å². The summed E-state index contributed by atoms with van der Waals surface area (Å²) in [4.78, 5) is 50.8. The molecule has 0 spiro atoms. The van der Waals surface area contributed by atoms with E-state index in [2.05, 4.69) is 0 Å². The number of hydrogen-bond donors (Lipinski definition) is 0. The maximum absolute atomic E-state index is 12.6. The van der Waals surface area contributed by atoms with Gasteiger partial charge in [0, 0.05) is 6.42 Å².